The van der Waals surface area contributed by atoms with Crippen LogP contribution in [0.25, 0.3) is 11.3 Å². The molecule has 7 heteroatoms. The molecule has 0 saturated heterocycles. The van der Waals surface area contributed by atoms with Crippen LogP contribution in [0.3, 0.4) is 0 Å². The molecule has 0 unspecified atom stereocenters. The van der Waals surface area contributed by atoms with E-state index in [2.05, 4.69) is 20.6 Å². The molecule has 4 rings (SSSR count). The summed E-state index contributed by atoms with van der Waals surface area (Å²) in [5.41, 5.74) is 5.33. The van der Waals surface area contributed by atoms with E-state index in [0.29, 0.717) is 11.7 Å². The van der Waals surface area contributed by atoms with E-state index in [0.717, 1.165) is 28.2 Å². The molecule has 0 fully saturated rings. The second kappa shape index (κ2) is 7.85. The molecule has 0 saturated carbocycles. The van der Waals surface area contributed by atoms with E-state index in [1.165, 1.54) is 0 Å². The lowest BCUT2D eigenvalue weighted by Gasteiger charge is -2.11. The Morgan fingerprint density at radius 3 is 2.55 bits per heavy atom. The van der Waals surface area contributed by atoms with Gasteiger partial charge in [-0.15, -0.1) is 0 Å². The monoisotopic (exact) mass is 386 g/mol. The van der Waals surface area contributed by atoms with Gasteiger partial charge in [-0.3, -0.25) is 4.98 Å². The molecule has 0 bridgehead atoms. The number of nitrogens with one attached hydrogen (secondary N) is 2. The van der Waals surface area contributed by atoms with Gasteiger partial charge in [0, 0.05) is 35.0 Å². The molecule has 144 valence electrons. The van der Waals surface area contributed by atoms with Crippen LogP contribution in [0, 0.1) is 6.92 Å². The van der Waals surface area contributed by atoms with E-state index in [4.69, 9.17) is 9.52 Å². The molecular weight excluding hydrogens is 368 g/mol. The number of carboxylic acid groups (broad SMARTS) is 1. The number of pyridine rings is 1. The molecule has 2 aromatic heterocycles. The number of rotatable bonds is 6. The van der Waals surface area contributed by atoms with Gasteiger partial charge < -0.3 is 20.2 Å². The summed E-state index contributed by atoms with van der Waals surface area (Å²) in [4.78, 5) is 19.5. The Hall–Kier alpha value is -4.13. The van der Waals surface area contributed by atoms with E-state index in [1.54, 1.807) is 42.9 Å². The van der Waals surface area contributed by atoms with Crippen molar-refractivity contribution in [1.82, 2.24) is 9.97 Å². The Kier molecular flexibility index (Phi) is 4.94. The fourth-order valence-corrected chi connectivity index (χ4v) is 2.79. The van der Waals surface area contributed by atoms with Crippen molar-refractivity contribution in [3.63, 3.8) is 0 Å². The molecule has 3 N–H and O–H groups in total. The highest BCUT2D eigenvalue weighted by Gasteiger charge is 2.09. The van der Waals surface area contributed by atoms with Gasteiger partial charge in [0.15, 0.2) is 0 Å². The van der Waals surface area contributed by atoms with Crippen molar-refractivity contribution in [2.24, 2.45) is 0 Å². The number of benzene rings is 2. The largest absolute Gasteiger partial charge is 0.478 e. The van der Waals surface area contributed by atoms with E-state index >= 15 is 0 Å². The first-order valence-corrected chi connectivity index (χ1v) is 8.92. The minimum Gasteiger partial charge on any atom is -0.478 e. The first kappa shape index (κ1) is 18.2. The quantitative estimate of drug-likeness (QED) is 0.417. The summed E-state index contributed by atoms with van der Waals surface area (Å²) in [6.45, 7) is 1.98. The molecule has 0 spiro atoms. The predicted octanol–water partition coefficient (Wildman–Crippen LogP) is 5.23. The maximum absolute atomic E-state index is 11.0. The lowest BCUT2D eigenvalue weighted by atomic mass is 10.1. The summed E-state index contributed by atoms with van der Waals surface area (Å²) < 4.78 is 5.55. The van der Waals surface area contributed by atoms with Crippen molar-refractivity contribution < 1.29 is 14.3 Å². The lowest BCUT2D eigenvalue weighted by molar-refractivity contribution is 0.0697. The zero-order valence-corrected chi connectivity index (χ0v) is 15.6. The highest BCUT2D eigenvalue weighted by atomic mass is 16.4. The summed E-state index contributed by atoms with van der Waals surface area (Å²) in [5, 5.41) is 15.5. The number of nitrogens with zero attached hydrogens (tertiary/aromatic N) is 2. The zero-order valence-electron chi connectivity index (χ0n) is 15.6. The second-order valence-corrected chi connectivity index (χ2v) is 6.44. The third-order valence-corrected chi connectivity index (χ3v) is 4.36. The van der Waals surface area contributed by atoms with Crippen LogP contribution in [-0.2, 0) is 0 Å². The third-order valence-electron chi connectivity index (χ3n) is 4.36. The molecule has 0 amide bonds. The average Bonchev–Trinajstić information content (AvgIpc) is 3.20. The molecule has 2 heterocycles. The molecule has 29 heavy (non-hydrogen) atoms. The van der Waals surface area contributed by atoms with Crippen molar-refractivity contribution in [2.75, 3.05) is 10.6 Å². The average molecular weight is 386 g/mol. The van der Waals surface area contributed by atoms with Crippen molar-refractivity contribution in [3.05, 3.63) is 84.4 Å². The molecule has 0 radical (unpaired) electrons. The molecule has 0 aliphatic carbocycles. The Labute approximate surface area is 167 Å². The van der Waals surface area contributed by atoms with Crippen molar-refractivity contribution in [1.29, 1.82) is 0 Å². The fourth-order valence-electron chi connectivity index (χ4n) is 2.79. The van der Waals surface area contributed by atoms with Crippen LogP contribution in [-0.4, -0.2) is 21.0 Å². The van der Waals surface area contributed by atoms with E-state index in [1.807, 2.05) is 37.3 Å². The van der Waals surface area contributed by atoms with E-state index < -0.39 is 5.97 Å². The smallest absolute Gasteiger partial charge is 0.335 e. The normalized spacial score (nSPS) is 10.5. The minimum absolute atomic E-state index is 0.245. The summed E-state index contributed by atoms with van der Waals surface area (Å²) >= 11 is 0. The predicted molar refractivity (Wildman–Crippen MR) is 111 cm³/mol. The Morgan fingerprint density at radius 1 is 1.03 bits per heavy atom. The highest BCUT2D eigenvalue weighted by Crippen LogP contribution is 2.27. The number of aromatic nitrogens is 2. The van der Waals surface area contributed by atoms with Gasteiger partial charge in [-0.2, -0.15) is 4.98 Å². The number of hydrogen-bond acceptors (Lipinski definition) is 6. The molecule has 0 aliphatic rings. The van der Waals surface area contributed by atoms with Gasteiger partial charge in [0.25, 0.3) is 6.01 Å². The number of aromatic carboxylic acids is 1. The number of carboxylic acids is 1. The second-order valence-electron chi connectivity index (χ2n) is 6.44. The Morgan fingerprint density at radius 2 is 1.83 bits per heavy atom. The van der Waals surface area contributed by atoms with Crippen molar-refractivity contribution in [3.8, 4) is 11.3 Å². The lowest BCUT2D eigenvalue weighted by Crippen LogP contribution is -1.98. The maximum atomic E-state index is 11.0. The number of oxazole rings is 1. The van der Waals surface area contributed by atoms with Gasteiger partial charge in [0.2, 0.25) is 0 Å². The summed E-state index contributed by atoms with van der Waals surface area (Å²) in [7, 11) is 0. The maximum Gasteiger partial charge on any atom is 0.335 e. The molecular formula is C22H18N4O3. The first-order valence-electron chi connectivity index (χ1n) is 8.92. The number of hydrogen-bond donors (Lipinski definition) is 3. The fraction of sp³-hybridized carbons (Fsp3) is 0.0455. The van der Waals surface area contributed by atoms with Gasteiger partial charge in [0.1, 0.15) is 12.0 Å². The molecule has 4 aromatic rings. The van der Waals surface area contributed by atoms with Crippen LogP contribution in [0.1, 0.15) is 15.9 Å². The van der Waals surface area contributed by atoms with Gasteiger partial charge in [-0.05, 0) is 61.0 Å². The van der Waals surface area contributed by atoms with Gasteiger partial charge >= 0.3 is 5.97 Å². The summed E-state index contributed by atoms with van der Waals surface area (Å²) in [5.74, 6) is -0.949. The SMILES string of the molecule is Cc1ccc(Nc2ccc(C(=O)O)cc2)cc1Nc1nc(-c2cccnc2)co1. The van der Waals surface area contributed by atoms with Gasteiger partial charge in [-0.25, -0.2) is 4.79 Å². The van der Waals surface area contributed by atoms with Crippen molar-refractivity contribution >= 4 is 29.0 Å². The van der Waals surface area contributed by atoms with E-state index in [-0.39, 0.29) is 5.56 Å². The molecule has 0 atom stereocenters. The van der Waals surface area contributed by atoms with Crippen LogP contribution < -0.4 is 10.6 Å². The standard InChI is InChI=1S/C22H18N4O3/c1-14-4-7-18(24-17-8-5-15(6-9-17)21(27)28)11-19(14)25-22-26-20(13-29-22)16-3-2-10-23-12-16/h2-13,24H,1H3,(H,25,26)(H,27,28). The van der Waals surface area contributed by atoms with Crippen LogP contribution in [0.2, 0.25) is 0 Å². The Balaban J connectivity index is 1.51. The number of anilines is 4. The van der Waals surface area contributed by atoms with E-state index in [9.17, 15) is 4.79 Å². The Bertz CT molecular complexity index is 1140. The van der Waals surface area contributed by atoms with Crippen LogP contribution in [0.5, 0.6) is 0 Å². The van der Waals surface area contributed by atoms with Crippen LogP contribution in [0.15, 0.2) is 77.7 Å². The minimum atomic E-state index is -0.949. The zero-order chi connectivity index (χ0) is 20.2. The number of aryl methyl sites for hydroxylation is 1. The molecule has 2 aromatic carbocycles. The van der Waals surface area contributed by atoms with Gasteiger partial charge in [0.05, 0.1) is 5.56 Å². The first-order chi connectivity index (χ1) is 14.1. The third kappa shape index (κ3) is 4.24. The highest BCUT2D eigenvalue weighted by molar-refractivity contribution is 5.88. The van der Waals surface area contributed by atoms with Gasteiger partial charge in [-0.1, -0.05) is 6.07 Å². The van der Waals surface area contributed by atoms with Crippen molar-refractivity contribution in [2.45, 2.75) is 6.92 Å². The molecule has 0 aliphatic heterocycles. The molecule has 7 nitrogen and oxygen atoms in total. The topological polar surface area (TPSA) is 100 Å². The summed E-state index contributed by atoms with van der Waals surface area (Å²) in [6, 6.07) is 16.6. The summed E-state index contributed by atoms with van der Waals surface area (Å²) in [6.07, 6.45) is 5.02. The number of carbonyl (C=O) groups is 1. The van der Waals surface area contributed by atoms with Crippen LogP contribution in [0.4, 0.5) is 23.1 Å². The van der Waals surface area contributed by atoms with Crippen LogP contribution >= 0.6 is 0 Å².